The average molecular weight is 332 g/mol. The molecule has 0 N–H and O–H groups in total. The predicted octanol–water partition coefficient (Wildman–Crippen LogP) is 3.88. The second-order valence-corrected chi connectivity index (χ2v) is 6.09. The molecule has 1 aliphatic rings. The van der Waals surface area contributed by atoms with Crippen molar-refractivity contribution < 1.29 is 4.92 Å². The molecule has 0 saturated carbocycles. The van der Waals surface area contributed by atoms with E-state index in [2.05, 4.69) is 28.9 Å². The molecule has 1 heterocycles. The van der Waals surface area contributed by atoms with Gasteiger partial charge in [0, 0.05) is 43.0 Å². The maximum atomic E-state index is 11.3. The summed E-state index contributed by atoms with van der Waals surface area (Å²) in [5.74, 6) is 0. The number of hydrogen-bond donors (Lipinski definition) is 0. The zero-order valence-corrected chi connectivity index (χ0v) is 13.7. The predicted molar refractivity (Wildman–Crippen MR) is 93.7 cm³/mol. The monoisotopic (exact) mass is 331 g/mol. The molecule has 1 aliphatic heterocycles. The highest BCUT2D eigenvalue weighted by Gasteiger charge is 2.24. The fourth-order valence-electron chi connectivity index (χ4n) is 3.02. The van der Waals surface area contributed by atoms with E-state index >= 15 is 0 Å². The van der Waals surface area contributed by atoms with Gasteiger partial charge < -0.3 is 9.80 Å². The molecule has 0 bridgehead atoms. The van der Waals surface area contributed by atoms with Crippen LogP contribution >= 0.6 is 11.6 Å². The first-order valence-electron chi connectivity index (χ1n) is 7.56. The van der Waals surface area contributed by atoms with Gasteiger partial charge in [-0.2, -0.15) is 0 Å². The maximum Gasteiger partial charge on any atom is 0.294 e. The summed E-state index contributed by atoms with van der Waals surface area (Å²) in [7, 11) is 0. The number of anilines is 2. The topological polar surface area (TPSA) is 49.6 Å². The molecule has 2 aromatic rings. The van der Waals surface area contributed by atoms with Crippen LogP contribution in [0.2, 0.25) is 5.02 Å². The molecule has 3 rings (SSSR count). The summed E-state index contributed by atoms with van der Waals surface area (Å²) in [5.41, 5.74) is 3.20. The number of nitro benzene ring substituents is 1. The van der Waals surface area contributed by atoms with Crippen molar-refractivity contribution in [1.82, 2.24) is 0 Å². The average Bonchev–Trinajstić information content (AvgIpc) is 2.55. The quantitative estimate of drug-likeness (QED) is 0.632. The van der Waals surface area contributed by atoms with Crippen LogP contribution in [0.3, 0.4) is 0 Å². The summed E-state index contributed by atoms with van der Waals surface area (Å²) in [4.78, 5) is 15.3. The molecule has 0 spiro atoms. The maximum absolute atomic E-state index is 11.3. The van der Waals surface area contributed by atoms with Crippen LogP contribution in [0.1, 0.15) is 5.56 Å². The molecular weight excluding hydrogens is 314 g/mol. The summed E-state index contributed by atoms with van der Waals surface area (Å²) in [6.07, 6.45) is 0. The van der Waals surface area contributed by atoms with Gasteiger partial charge in [0.1, 0.15) is 5.69 Å². The van der Waals surface area contributed by atoms with Gasteiger partial charge in [-0.05, 0) is 30.7 Å². The second kappa shape index (κ2) is 6.46. The van der Waals surface area contributed by atoms with Crippen molar-refractivity contribution in [3.63, 3.8) is 0 Å². The molecule has 2 aromatic carbocycles. The Morgan fingerprint density at radius 1 is 1.00 bits per heavy atom. The minimum Gasteiger partial charge on any atom is -0.368 e. The number of nitrogens with zero attached hydrogens (tertiary/aromatic N) is 3. The highest BCUT2D eigenvalue weighted by atomic mass is 35.5. The SMILES string of the molecule is Cc1ccccc1N1CCN(c2ccc(Cl)cc2[N+](=O)[O-])CC1. The fourth-order valence-corrected chi connectivity index (χ4v) is 3.18. The molecule has 1 fully saturated rings. The van der Waals surface area contributed by atoms with Gasteiger partial charge >= 0.3 is 0 Å². The van der Waals surface area contributed by atoms with Gasteiger partial charge in [0.25, 0.3) is 5.69 Å². The van der Waals surface area contributed by atoms with E-state index in [1.54, 1.807) is 12.1 Å². The van der Waals surface area contributed by atoms with E-state index in [0.717, 1.165) is 26.2 Å². The Morgan fingerprint density at radius 2 is 1.61 bits per heavy atom. The highest BCUT2D eigenvalue weighted by Crippen LogP contribution is 2.32. The Hall–Kier alpha value is -2.27. The molecule has 0 aromatic heterocycles. The zero-order valence-electron chi connectivity index (χ0n) is 12.9. The van der Waals surface area contributed by atoms with E-state index in [0.29, 0.717) is 10.7 Å². The molecule has 6 heteroatoms. The molecule has 0 unspecified atom stereocenters. The standard InChI is InChI=1S/C17H18ClN3O2/c1-13-4-2-3-5-15(13)19-8-10-20(11-9-19)16-7-6-14(18)12-17(16)21(22)23/h2-7,12H,8-11H2,1H3. The van der Waals surface area contributed by atoms with Crippen molar-refractivity contribution in [2.75, 3.05) is 36.0 Å². The Morgan fingerprint density at radius 3 is 2.22 bits per heavy atom. The lowest BCUT2D eigenvalue weighted by Crippen LogP contribution is -2.46. The van der Waals surface area contributed by atoms with Crippen LogP contribution in [0, 0.1) is 17.0 Å². The number of hydrogen-bond acceptors (Lipinski definition) is 4. The summed E-state index contributed by atoms with van der Waals surface area (Å²) < 4.78 is 0. The summed E-state index contributed by atoms with van der Waals surface area (Å²) in [5, 5.41) is 11.6. The third kappa shape index (κ3) is 3.24. The molecule has 120 valence electrons. The Balaban J connectivity index is 1.77. The second-order valence-electron chi connectivity index (χ2n) is 5.65. The van der Waals surface area contributed by atoms with Crippen molar-refractivity contribution in [2.45, 2.75) is 6.92 Å². The number of piperazine rings is 1. The zero-order chi connectivity index (χ0) is 16.4. The third-order valence-corrected chi connectivity index (χ3v) is 4.45. The Bertz CT molecular complexity index is 728. The van der Waals surface area contributed by atoms with Crippen molar-refractivity contribution in [3.8, 4) is 0 Å². The molecular formula is C17H18ClN3O2. The molecule has 0 aliphatic carbocycles. The van der Waals surface area contributed by atoms with Gasteiger partial charge in [-0.3, -0.25) is 10.1 Å². The fraction of sp³-hybridized carbons (Fsp3) is 0.294. The number of nitro groups is 1. The number of benzene rings is 2. The molecule has 0 radical (unpaired) electrons. The summed E-state index contributed by atoms with van der Waals surface area (Å²) in [6, 6.07) is 13.2. The van der Waals surface area contributed by atoms with Crippen LogP contribution in [-0.4, -0.2) is 31.1 Å². The normalized spacial score (nSPS) is 14.9. The van der Waals surface area contributed by atoms with Gasteiger partial charge in [0.15, 0.2) is 0 Å². The van der Waals surface area contributed by atoms with Gasteiger partial charge in [-0.15, -0.1) is 0 Å². The number of para-hydroxylation sites is 1. The Kier molecular flexibility index (Phi) is 4.39. The first kappa shape index (κ1) is 15.6. The lowest BCUT2D eigenvalue weighted by Gasteiger charge is -2.37. The summed E-state index contributed by atoms with van der Waals surface area (Å²) >= 11 is 5.89. The number of rotatable bonds is 3. The highest BCUT2D eigenvalue weighted by molar-refractivity contribution is 6.30. The van der Waals surface area contributed by atoms with Gasteiger partial charge in [-0.1, -0.05) is 29.8 Å². The molecule has 5 nitrogen and oxygen atoms in total. The smallest absolute Gasteiger partial charge is 0.294 e. The van der Waals surface area contributed by atoms with Crippen molar-refractivity contribution in [1.29, 1.82) is 0 Å². The van der Waals surface area contributed by atoms with E-state index in [4.69, 9.17) is 11.6 Å². The first-order chi connectivity index (χ1) is 11.1. The molecule has 0 atom stereocenters. The molecule has 0 amide bonds. The van der Waals surface area contributed by atoms with Crippen LogP contribution in [0.5, 0.6) is 0 Å². The Labute approximate surface area is 140 Å². The lowest BCUT2D eigenvalue weighted by molar-refractivity contribution is -0.384. The van der Waals surface area contributed by atoms with E-state index in [9.17, 15) is 10.1 Å². The minimum atomic E-state index is -0.366. The summed E-state index contributed by atoms with van der Waals surface area (Å²) in [6.45, 7) is 5.27. The van der Waals surface area contributed by atoms with E-state index < -0.39 is 0 Å². The van der Waals surface area contributed by atoms with Crippen molar-refractivity contribution in [2.24, 2.45) is 0 Å². The van der Waals surface area contributed by atoms with Crippen LogP contribution in [0.25, 0.3) is 0 Å². The van der Waals surface area contributed by atoms with Gasteiger partial charge in [-0.25, -0.2) is 0 Å². The van der Waals surface area contributed by atoms with Crippen molar-refractivity contribution in [3.05, 3.63) is 63.2 Å². The largest absolute Gasteiger partial charge is 0.368 e. The third-order valence-electron chi connectivity index (χ3n) is 4.21. The van der Waals surface area contributed by atoms with Gasteiger partial charge in [0.05, 0.1) is 4.92 Å². The first-order valence-corrected chi connectivity index (χ1v) is 7.93. The molecule has 23 heavy (non-hydrogen) atoms. The van der Waals surface area contributed by atoms with Crippen LogP contribution in [0.4, 0.5) is 17.1 Å². The molecule has 1 saturated heterocycles. The van der Waals surface area contributed by atoms with Crippen LogP contribution in [-0.2, 0) is 0 Å². The van der Waals surface area contributed by atoms with E-state index in [1.807, 2.05) is 12.1 Å². The van der Waals surface area contributed by atoms with Crippen LogP contribution in [0.15, 0.2) is 42.5 Å². The lowest BCUT2D eigenvalue weighted by atomic mass is 10.1. The van der Waals surface area contributed by atoms with Gasteiger partial charge in [0.2, 0.25) is 0 Å². The van der Waals surface area contributed by atoms with Crippen molar-refractivity contribution >= 4 is 28.7 Å². The van der Waals surface area contributed by atoms with E-state index in [-0.39, 0.29) is 10.6 Å². The number of halogens is 1. The van der Waals surface area contributed by atoms with E-state index in [1.165, 1.54) is 17.3 Å². The number of aryl methyl sites for hydroxylation is 1. The minimum absolute atomic E-state index is 0.0711. The van der Waals surface area contributed by atoms with Crippen LogP contribution < -0.4 is 9.80 Å².